The molecule has 5 aliphatic rings. The molecule has 0 N–H and O–H groups in total. The number of ether oxygens (including phenoxy) is 1. The molecule has 1 unspecified atom stereocenters. The highest BCUT2D eigenvalue weighted by molar-refractivity contribution is 5.94. The van der Waals surface area contributed by atoms with Gasteiger partial charge in [0, 0.05) is 29.8 Å². The van der Waals surface area contributed by atoms with E-state index in [1.54, 1.807) is 11.8 Å². The molecule has 1 aliphatic heterocycles. The molecule has 5 heteroatoms. The largest absolute Gasteiger partial charge is 0.370 e. The van der Waals surface area contributed by atoms with Crippen LogP contribution in [0.5, 0.6) is 0 Å². The second kappa shape index (κ2) is 7.90. The minimum atomic E-state index is -0.230. The van der Waals surface area contributed by atoms with Crippen molar-refractivity contribution in [2.75, 3.05) is 26.2 Å². The second-order valence-electron chi connectivity index (χ2n) is 9.98. The maximum absolute atomic E-state index is 13.5. The summed E-state index contributed by atoms with van der Waals surface area (Å²) < 4.78 is 5.85. The van der Waals surface area contributed by atoms with Crippen molar-refractivity contribution in [3.63, 3.8) is 0 Å². The van der Waals surface area contributed by atoms with Crippen LogP contribution in [0.15, 0.2) is 23.8 Å². The Labute approximate surface area is 175 Å². The zero-order chi connectivity index (χ0) is 20.8. The van der Waals surface area contributed by atoms with Gasteiger partial charge in [0.15, 0.2) is 0 Å². The zero-order valence-electron chi connectivity index (χ0n) is 18.3. The van der Waals surface area contributed by atoms with Crippen LogP contribution in [0, 0.1) is 17.8 Å². The molecule has 29 heavy (non-hydrogen) atoms. The number of morpholine rings is 1. The minimum absolute atomic E-state index is 0.0283. The van der Waals surface area contributed by atoms with E-state index < -0.39 is 0 Å². The SMILES string of the molecule is C=C(C)C(=O)N1CCOC(/C=C(\C)C(=O)N(CC)C23CC4CC(CC(C4)C2)C3)C1. The molecule has 0 aromatic rings. The predicted octanol–water partition coefficient (Wildman–Crippen LogP) is 3.55. The normalized spacial score (nSPS) is 36.2. The standard InChI is InChI=1S/C24H36N2O3/c1-5-26(24-12-18-9-19(13-24)11-20(10-18)14-24)23(28)17(4)8-21-15-25(6-7-29-21)22(27)16(2)3/h8,18-21H,2,5-7,9-15H2,1,3-4H3/b17-8+. The highest BCUT2D eigenvalue weighted by Crippen LogP contribution is 2.57. The molecule has 0 radical (unpaired) electrons. The Kier molecular flexibility index (Phi) is 5.62. The van der Waals surface area contributed by atoms with Gasteiger partial charge < -0.3 is 14.5 Å². The van der Waals surface area contributed by atoms with Crippen LogP contribution in [0.2, 0.25) is 0 Å². The molecule has 0 aromatic heterocycles. The van der Waals surface area contributed by atoms with Crippen LogP contribution in [-0.4, -0.2) is 59.5 Å². The molecule has 4 aliphatic carbocycles. The molecule has 5 rings (SSSR count). The van der Waals surface area contributed by atoms with Crippen molar-refractivity contribution in [2.24, 2.45) is 17.8 Å². The number of nitrogens with zero attached hydrogens (tertiary/aromatic N) is 2. The first-order valence-corrected chi connectivity index (χ1v) is 11.4. The lowest BCUT2D eigenvalue weighted by Crippen LogP contribution is -2.61. The van der Waals surface area contributed by atoms with Crippen LogP contribution in [0.3, 0.4) is 0 Å². The number of carbonyl (C=O) groups is 2. The molecule has 1 atom stereocenters. The summed E-state index contributed by atoms with van der Waals surface area (Å²) in [6.07, 6.45) is 9.40. The van der Waals surface area contributed by atoms with Crippen molar-refractivity contribution < 1.29 is 14.3 Å². The number of carbonyl (C=O) groups excluding carboxylic acids is 2. The number of rotatable bonds is 5. The van der Waals surface area contributed by atoms with Gasteiger partial charge in [0.25, 0.3) is 0 Å². The highest BCUT2D eigenvalue weighted by atomic mass is 16.5. The minimum Gasteiger partial charge on any atom is -0.370 e. The van der Waals surface area contributed by atoms with Gasteiger partial charge in [-0.2, -0.15) is 0 Å². The lowest BCUT2D eigenvalue weighted by molar-refractivity contribution is -0.146. The van der Waals surface area contributed by atoms with Gasteiger partial charge >= 0.3 is 0 Å². The smallest absolute Gasteiger partial charge is 0.249 e. The maximum atomic E-state index is 13.5. The number of hydrogen-bond acceptors (Lipinski definition) is 3. The van der Waals surface area contributed by atoms with Crippen molar-refractivity contribution >= 4 is 11.8 Å². The lowest BCUT2D eigenvalue weighted by Gasteiger charge is -2.60. The first-order chi connectivity index (χ1) is 13.8. The Bertz CT molecular complexity index is 690. The molecule has 2 amide bonds. The summed E-state index contributed by atoms with van der Waals surface area (Å²) >= 11 is 0. The molecule has 0 aromatic carbocycles. The number of hydrogen-bond donors (Lipinski definition) is 0. The molecule has 5 nitrogen and oxygen atoms in total. The number of likely N-dealkylation sites (N-methyl/N-ethyl adjacent to an activating group) is 1. The first-order valence-electron chi connectivity index (χ1n) is 11.4. The summed E-state index contributed by atoms with van der Waals surface area (Å²) in [6.45, 7) is 11.9. The summed E-state index contributed by atoms with van der Waals surface area (Å²) in [4.78, 5) is 29.7. The molecular weight excluding hydrogens is 364 g/mol. The van der Waals surface area contributed by atoms with E-state index in [-0.39, 0.29) is 23.5 Å². The van der Waals surface area contributed by atoms with Gasteiger partial charge in [-0.1, -0.05) is 6.58 Å². The third-order valence-electron chi connectivity index (χ3n) is 7.66. The van der Waals surface area contributed by atoms with Gasteiger partial charge in [0.1, 0.15) is 0 Å². The molecule has 4 bridgehead atoms. The average molecular weight is 401 g/mol. The van der Waals surface area contributed by atoms with E-state index in [0.29, 0.717) is 25.3 Å². The lowest BCUT2D eigenvalue weighted by atomic mass is 9.52. The van der Waals surface area contributed by atoms with E-state index in [1.807, 2.05) is 13.0 Å². The van der Waals surface area contributed by atoms with Crippen molar-refractivity contribution in [3.05, 3.63) is 23.8 Å². The first kappa shape index (κ1) is 20.6. The van der Waals surface area contributed by atoms with Crippen molar-refractivity contribution in [1.29, 1.82) is 0 Å². The summed E-state index contributed by atoms with van der Waals surface area (Å²) in [5.74, 6) is 2.57. The Morgan fingerprint density at radius 3 is 2.24 bits per heavy atom. The van der Waals surface area contributed by atoms with Gasteiger partial charge in [-0.15, -0.1) is 0 Å². The van der Waals surface area contributed by atoms with E-state index in [9.17, 15) is 9.59 Å². The molecule has 1 saturated heterocycles. The van der Waals surface area contributed by atoms with E-state index >= 15 is 0 Å². The maximum Gasteiger partial charge on any atom is 0.249 e. The van der Waals surface area contributed by atoms with Crippen molar-refractivity contribution in [1.82, 2.24) is 9.80 Å². The zero-order valence-corrected chi connectivity index (χ0v) is 18.3. The Morgan fingerprint density at radius 2 is 1.72 bits per heavy atom. The molecule has 160 valence electrons. The van der Waals surface area contributed by atoms with Gasteiger partial charge in [-0.05, 0) is 83.1 Å². The average Bonchev–Trinajstić information content (AvgIpc) is 2.66. The molecular formula is C24H36N2O3. The van der Waals surface area contributed by atoms with E-state index in [4.69, 9.17) is 4.74 Å². The summed E-state index contributed by atoms with van der Waals surface area (Å²) in [5.41, 5.74) is 1.36. The molecule has 5 fully saturated rings. The fourth-order valence-corrected chi connectivity index (χ4v) is 6.88. The fraction of sp³-hybridized carbons (Fsp3) is 0.750. The monoisotopic (exact) mass is 400 g/mol. The van der Waals surface area contributed by atoms with Crippen LogP contribution >= 0.6 is 0 Å². The van der Waals surface area contributed by atoms with Gasteiger partial charge in [0.2, 0.25) is 11.8 Å². The van der Waals surface area contributed by atoms with Crippen molar-refractivity contribution in [2.45, 2.75) is 70.9 Å². The highest BCUT2D eigenvalue weighted by Gasteiger charge is 2.54. The van der Waals surface area contributed by atoms with E-state index in [1.165, 1.54) is 38.5 Å². The van der Waals surface area contributed by atoms with E-state index in [2.05, 4.69) is 18.4 Å². The summed E-state index contributed by atoms with van der Waals surface area (Å²) in [7, 11) is 0. The fourth-order valence-electron chi connectivity index (χ4n) is 6.88. The summed E-state index contributed by atoms with van der Waals surface area (Å²) in [6, 6.07) is 0. The Balaban J connectivity index is 1.47. The van der Waals surface area contributed by atoms with Gasteiger partial charge in [-0.25, -0.2) is 0 Å². The Morgan fingerprint density at radius 1 is 1.14 bits per heavy atom. The van der Waals surface area contributed by atoms with Gasteiger partial charge in [-0.3, -0.25) is 9.59 Å². The molecule has 4 saturated carbocycles. The third-order valence-corrected chi connectivity index (χ3v) is 7.66. The van der Waals surface area contributed by atoms with Crippen LogP contribution in [0.25, 0.3) is 0 Å². The number of amides is 2. The van der Waals surface area contributed by atoms with Gasteiger partial charge in [0.05, 0.1) is 19.3 Å². The summed E-state index contributed by atoms with van der Waals surface area (Å²) in [5, 5.41) is 0. The quantitative estimate of drug-likeness (QED) is 0.663. The van der Waals surface area contributed by atoms with Crippen LogP contribution in [-0.2, 0) is 14.3 Å². The van der Waals surface area contributed by atoms with E-state index in [0.717, 1.165) is 29.9 Å². The van der Waals surface area contributed by atoms with Crippen LogP contribution in [0.4, 0.5) is 0 Å². The van der Waals surface area contributed by atoms with Crippen LogP contribution < -0.4 is 0 Å². The Hall–Kier alpha value is -1.62. The second-order valence-corrected chi connectivity index (χ2v) is 9.98. The molecule has 0 spiro atoms. The topological polar surface area (TPSA) is 49.9 Å². The molecule has 1 heterocycles. The predicted molar refractivity (Wildman–Crippen MR) is 113 cm³/mol. The third kappa shape index (κ3) is 3.90. The van der Waals surface area contributed by atoms with Crippen LogP contribution in [0.1, 0.15) is 59.3 Å². The van der Waals surface area contributed by atoms with Crippen molar-refractivity contribution in [3.8, 4) is 0 Å².